The summed E-state index contributed by atoms with van der Waals surface area (Å²) in [4.78, 5) is 25.4. The molecule has 2 amide bonds. The number of amides is 2. The van der Waals surface area contributed by atoms with Gasteiger partial charge in [-0.05, 0) is 41.6 Å². The Kier molecular flexibility index (Phi) is 6.59. The minimum Gasteiger partial charge on any atom is -0.352 e. The number of hydrogen-bond donors (Lipinski definition) is 2. The second-order valence-corrected chi connectivity index (χ2v) is 8.85. The largest absolute Gasteiger partial charge is 0.352 e. The first-order chi connectivity index (χ1) is 13.5. The molecule has 0 saturated carbocycles. The third-order valence-corrected chi connectivity index (χ3v) is 6.14. The Labute approximate surface area is 170 Å². The first kappa shape index (κ1) is 20.2. The lowest BCUT2D eigenvalue weighted by atomic mass is 10.1. The zero-order valence-corrected chi connectivity index (χ0v) is 17.4. The smallest absolute Gasteiger partial charge is 0.261 e. The summed E-state index contributed by atoms with van der Waals surface area (Å²) >= 11 is 1.41. The molecule has 0 aliphatic heterocycles. The zero-order chi connectivity index (χ0) is 20.1. The van der Waals surface area contributed by atoms with E-state index in [1.807, 2.05) is 37.3 Å². The predicted octanol–water partition coefficient (Wildman–Crippen LogP) is 3.46. The molecule has 2 N–H and O–H groups in total. The van der Waals surface area contributed by atoms with E-state index in [0.717, 1.165) is 21.2 Å². The lowest BCUT2D eigenvalue weighted by Gasteiger charge is -2.08. The van der Waals surface area contributed by atoms with E-state index in [4.69, 9.17) is 0 Å². The van der Waals surface area contributed by atoms with Crippen molar-refractivity contribution in [3.63, 3.8) is 0 Å². The molecule has 146 valence electrons. The first-order valence-electron chi connectivity index (χ1n) is 8.95. The van der Waals surface area contributed by atoms with Gasteiger partial charge in [0.05, 0.1) is 10.6 Å². The normalized spacial score (nSPS) is 11.9. The molecule has 1 heterocycles. The van der Waals surface area contributed by atoms with Crippen LogP contribution in [0.25, 0.3) is 10.1 Å². The van der Waals surface area contributed by atoms with Crippen LogP contribution in [0.1, 0.15) is 38.1 Å². The van der Waals surface area contributed by atoms with Gasteiger partial charge in [0.15, 0.2) is 0 Å². The summed E-state index contributed by atoms with van der Waals surface area (Å²) in [6.45, 7) is 2.75. The van der Waals surface area contributed by atoms with Gasteiger partial charge < -0.3 is 10.6 Å². The Hall–Kier alpha value is -2.51. The van der Waals surface area contributed by atoms with Gasteiger partial charge in [-0.25, -0.2) is 0 Å². The van der Waals surface area contributed by atoms with Gasteiger partial charge in [0.25, 0.3) is 11.8 Å². The van der Waals surface area contributed by atoms with Crippen molar-refractivity contribution in [3.8, 4) is 0 Å². The second kappa shape index (κ2) is 9.12. The van der Waals surface area contributed by atoms with Gasteiger partial charge in [-0.15, -0.1) is 11.3 Å². The molecule has 1 aromatic heterocycles. The fourth-order valence-electron chi connectivity index (χ4n) is 2.98. The van der Waals surface area contributed by atoms with Gasteiger partial charge in [0.2, 0.25) is 0 Å². The molecule has 1 unspecified atom stereocenters. The lowest BCUT2D eigenvalue weighted by molar-refractivity contribution is 0.0949. The maximum Gasteiger partial charge on any atom is 0.261 e. The Balaban J connectivity index is 1.79. The van der Waals surface area contributed by atoms with Crippen LogP contribution < -0.4 is 10.6 Å². The second-order valence-electron chi connectivity index (χ2n) is 6.37. The third-order valence-electron chi connectivity index (χ3n) is 4.23. The highest BCUT2D eigenvalue weighted by molar-refractivity contribution is 7.83. The summed E-state index contributed by atoms with van der Waals surface area (Å²) in [5.74, 6) is 0.0253. The molecule has 7 heteroatoms. The van der Waals surface area contributed by atoms with Crippen molar-refractivity contribution in [1.29, 1.82) is 0 Å². The number of benzene rings is 2. The Morgan fingerprint density at radius 3 is 2.57 bits per heavy atom. The average molecular weight is 415 g/mol. The molecule has 0 radical (unpaired) electrons. The van der Waals surface area contributed by atoms with Crippen molar-refractivity contribution in [2.75, 3.05) is 12.8 Å². The molecule has 28 heavy (non-hydrogen) atoms. The van der Waals surface area contributed by atoms with E-state index in [2.05, 4.69) is 10.6 Å². The van der Waals surface area contributed by atoms with E-state index in [0.29, 0.717) is 29.3 Å². The van der Waals surface area contributed by atoms with Gasteiger partial charge >= 0.3 is 0 Å². The van der Waals surface area contributed by atoms with Crippen molar-refractivity contribution in [1.82, 2.24) is 10.6 Å². The number of fused-ring (bicyclic) bond motifs is 1. The maximum atomic E-state index is 12.8. The SMILES string of the molecule is CCNC(=O)c1cccc(CNC(=O)c2sc3ccccc3c2CS(C)=O)c1. The van der Waals surface area contributed by atoms with E-state index >= 15 is 0 Å². The third kappa shape index (κ3) is 4.66. The molecule has 0 saturated heterocycles. The number of carbonyl (C=O) groups is 2. The molecule has 0 bridgehead atoms. The molecule has 1 atom stereocenters. The molecular weight excluding hydrogens is 392 g/mol. The minimum absolute atomic E-state index is 0.132. The van der Waals surface area contributed by atoms with E-state index in [9.17, 15) is 13.8 Å². The number of nitrogens with one attached hydrogen (secondary N) is 2. The van der Waals surface area contributed by atoms with Gasteiger partial charge in [0, 0.05) is 40.4 Å². The Morgan fingerprint density at radius 2 is 1.82 bits per heavy atom. The lowest BCUT2D eigenvalue weighted by Crippen LogP contribution is -2.24. The van der Waals surface area contributed by atoms with Crippen LogP contribution in [0.4, 0.5) is 0 Å². The van der Waals surface area contributed by atoms with Crippen LogP contribution >= 0.6 is 11.3 Å². The van der Waals surface area contributed by atoms with Crippen molar-refractivity contribution >= 4 is 44.0 Å². The van der Waals surface area contributed by atoms with E-state index in [1.165, 1.54) is 11.3 Å². The minimum atomic E-state index is -1.05. The molecule has 2 aromatic carbocycles. The quantitative estimate of drug-likeness (QED) is 0.622. The maximum absolute atomic E-state index is 12.8. The van der Waals surface area contributed by atoms with Crippen molar-refractivity contribution in [2.24, 2.45) is 0 Å². The number of carbonyl (C=O) groups excluding carboxylic acids is 2. The highest BCUT2D eigenvalue weighted by atomic mass is 32.2. The summed E-state index contributed by atoms with van der Waals surface area (Å²) < 4.78 is 12.8. The van der Waals surface area contributed by atoms with Gasteiger partial charge in [-0.2, -0.15) is 0 Å². The van der Waals surface area contributed by atoms with Gasteiger partial charge in [-0.1, -0.05) is 30.3 Å². The van der Waals surface area contributed by atoms with Crippen molar-refractivity contribution < 1.29 is 13.8 Å². The van der Waals surface area contributed by atoms with Crippen LogP contribution in [0.15, 0.2) is 48.5 Å². The predicted molar refractivity (Wildman–Crippen MR) is 115 cm³/mol. The van der Waals surface area contributed by atoms with Crippen LogP contribution in [0.3, 0.4) is 0 Å². The molecule has 0 spiro atoms. The number of rotatable bonds is 7. The van der Waals surface area contributed by atoms with E-state index < -0.39 is 10.8 Å². The molecular formula is C21H22N2O3S2. The zero-order valence-electron chi connectivity index (χ0n) is 15.8. The molecule has 0 aliphatic rings. The average Bonchev–Trinajstić information content (AvgIpc) is 3.04. The molecule has 5 nitrogen and oxygen atoms in total. The van der Waals surface area contributed by atoms with Crippen molar-refractivity contribution in [2.45, 2.75) is 19.2 Å². The van der Waals surface area contributed by atoms with E-state index in [-0.39, 0.29) is 11.8 Å². The molecule has 0 fully saturated rings. The Bertz CT molecular complexity index is 1040. The standard InChI is InChI=1S/C21H22N2O3S2/c1-3-22-20(24)15-8-6-7-14(11-15)12-23-21(25)19-17(13-28(2)26)16-9-4-5-10-18(16)27-19/h4-11H,3,12-13H2,1-2H3,(H,22,24)(H,23,25). The first-order valence-corrected chi connectivity index (χ1v) is 11.5. The highest BCUT2D eigenvalue weighted by Gasteiger charge is 2.19. The van der Waals surface area contributed by atoms with Crippen molar-refractivity contribution in [3.05, 3.63) is 70.1 Å². The number of thiophene rings is 1. The summed E-state index contributed by atoms with van der Waals surface area (Å²) in [5.41, 5.74) is 2.24. The molecule has 3 aromatic rings. The fraction of sp³-hybridized carbons (Fsp3) is 0.238. The highest BCUT2D eigenvalue weighted by Crippen LogP contribution is 2.32. The fourth-order valence-corrected chi connectivity index (χ4v) is 4.91. The summed E-state index contributed by atoms with van der Waals surface area (Å²) in [6, 6.07) is 15.0. The van der Waals surface area contributed by atoms with Crippen LogP contribution in [-0.2, 0) is 23.1 Å². The van der Waals surface area contributed by atoms with Crippen LogP contribution in [0, 0.1) is 0 Å². The topological polar surface area (TPSA) is 75.3 Å². The van der Waals surface area contributed by atoms with Crippen LogP contribution in [-0.4, -0.2) is 28.8 Å². The van der Waals surface area contributed by atoms with Crippen LogP contribution in [0.2, 0.25) is 0 Å². The summed E-state index contributed by atoms with van der Waals surface area (Å²) in [7, 11) is -1.05. The van der Waals surface area contributed by atoms with Gasteiger partial charge in [-0.3, -0.25) is 13.8 Å². The molecule has 3 rings (SSSR count). The monoisotopic (exact) mass is 414 g/mol. The van der Waals surface area contributed by atoms with Gasteiger partial charge in [0.1, 0.15) is 0 Å². The van der Waals surface area contributed by atoms with Crippen LogP contribution in [0.5, 0.6) is 0 Å². The molecule has 0 aliphatic carbocycles. The number of hydrogen-bond acceptors (Lipinski definition) is 4. The summed E-state index contributed by atoms with van der Waals surface area (Å²) in [5, 5.41) is 6.67. The van der Waals surface area contributed by atoms with E-state index in [1.54, 1.807) is 24.5 Å². The summed E-state index contributed by atoms with van der Waals surface area (Å²) in [6.07, 6.45) is 1.64. The Morgan fingerprint density at radius 1 is 1.04 bits per heavy atom.